The first-order chi connectivity index (χ1) is 15.1. The lowest BCUT2D eigenvalue weighted by molar-refractivity contribution is 0.329. The smallest absolute Gasteiger partial charge is 0.177 e. The molecule has 0 radical (unpaired) electrons. The van der Waals surface area contributed by atoms with Crippen molar-refractivity contribution < 1.29 is 8.81 Å². The predicted molar refractivity (Wildman–Crippen MR) is 122 cm³/mol. The lowest BCUT2D eigenvalue weighted by atomic mass is 9.96. The highest BCUT2D eigenvalue weighted by molar-refractivity contribution is 7.97. The second-order valence-electron chi connectivity index (χ2n) is 7.87. The van der Waals surface area contributed by atoms with Gasteiger partial charge in [-0.05, 0) is 43.0 Å². The lowest BCUT2D eigenvalue weighted by Gasteiger charge is -2.21. The molecule has 9 heteroatoms. The van der Waals surface area contributed by atoms with Crippen molar-refractivity contribution in [1.29, 1.82) is 0 Å². The van der Waals surface area contributed by atoms with E-state index in [0.29, 0.717) is 28.0 Å². The van der Waals surface area contributed by atoms with Gasteiger partial charge < -0.3 is 15.9 Å². The Labute approximate surface area is 182 Å². The molecule has 0 spiro atoms. The average Bonchev–Trinajstić information content (AvgIpc) is 3.44. The number of anilines is 2. The molecule has 4 aromatic rings. The molecule has 7 nitrogen and oxygen atoms in total. The van der Waals surface area contributed by atoms with E-state index in [1.807, 2.05) is 17.1 Å². The summed E-state index contributed by atoms with van der Waals surface area (Å²) in [6, 6.07) is 4.97. The van der Waals surface area contributed by atoms with Crippen LogP contribution in [-0.2, 0) is 0 Å². The lowest BCUT2D eigenvalue weighted by Crippen LogP contribution is -2.12. The molecule has 0 amide bonds. The van der Waals surface area contributed by atoms with Gasteiger partial charge in [-0.1, -0.05) is 19.3 Å². The van der Waals surface area contributed by atoms with Gasteiger partial charge in [0.05, 0.1) is 22.7 Å². The van der Waals surface area contributed by atoms with E-state index < -0.39 is 5.82 Å². The van der Waals surface area contributed by atoms with E-state index in [-0.39, 0.29) is 11.4 Å². The number of nitrogens with two attached hydrogens (primary N) is 3. The molecule has 160 valence electrons. The van der Waals surface area contributed by atoms with Gasteiger partial charge in [-0.3, -0.25) is 9.82 Å². The van der Waals surface area contributed by atoms with Crippen molar-refractivity contribution in [2.24, 2.45) is 5.14 Å². The van der Waals surface area contributed by atoms with Crippen LogP contribution in [0.4, 0.5) is 15.9 Å². The van der Waals surface area contributed by atoms with Crippen LogP contribution >= 0.6 is 11.9 Å². The molecular weight excluding hydrogens is 415 g/mol. The van der Waals surface area contributed by atoms with Gasteiger partial charge in [-0.25, -0.2) is 9.37 Å². The standard InChI is InChI=1S/C22H23FN6OS/c23-16-6-7-17(24)21(31-26)19(16)18-8-14-15(10-27-22(25)20(14)30-18)12-9-28-29(11-12)13-4-2-1-3-5-13/h6-11,13H,1-5,24,26H2,(H2,25,27). The van der Waals surface area contributed by atoms with E-state index >= 15 is 0 Å². The van der Waals surface area contributed by atoms with Gasteiger partial charge in [0.2, 0.25) is 0 Å². The number of pyridine rings is 1. The summed E-state index contributed by atoms with van der Waals surface area (Å²) in [5.74, 6) is 0.0590. The maximum atomic E-state index is 14.7. The van der Waals surface area contributed by atoms with Crippen LogP contribution in [0.3, 0.4) is 0 Å². The summed E-state index contributed by atoms with van der Waals surface area (Å²) in [7, 11) is 0. The Balaban J connectivity index is 1.63. The van der Waals surface area contributed by atoms with E-state index in [0.717, 1.165) is 41.3 Å². The monoisotopic (exact) mass is 438 g/mol. The minimum Gasteiger partial charge on any atom is -0.452 e. The fourth-order valence-corrected chi connectivity index (χ4v) is 4.87. The third-order valence-electron chi connectivity index (χ3n) is 5.95. The first-order valence-electron chi connectivity index (χ1n) is 10.2. The Morgan fingerprint density at radius 3 is 2.71 bits per heavy atom. The van der Waals surface area contributed by atoms with Crippen LogP contribution < -0.4 is 16.6 Å². The van der Waals surface area contributed by atoms with E-state index in [2.05, 4.69) is 10.1 Å². The molecule has 1 aliphatic rings. The number of aromatic nitrogens is 3. The number of rotatable bonds is 4. The topological polar surface area (TPSA) is 122 Å². The molecule has 3 aromatic heterocycles. The van der Waals surface area contributed by atoms with Crippen LogP contribution in [0.2, 0.25) is 0 Å². The van der Waals surface area contributed by atoms with Gasteiger partial charge in [-0.2, -0.15) is 5.10 Å². The second-order valence-corrected chi connectivity index (χ2v) is 8.51. The minimum atomic E-state index is -0.473. The SMILES string of the molecule is NSc1c(N)ccc(F)c1-c1cc2c(-c3cnn(C4CCCCC4)c3)cnc(N)c2o1. The van der Waals surface area contributed by atoms with Crippen molar-refractivity contribution in [3.05, 3.63) is 42.6 Å². The second kappa shape index (κ2) is 7.90. The molecule has 0 bridgehead atoms. The van der Waals surface area contributed by atoms with E-state index in [9.17, 15) is 4.39 Å². The van der Waals surface area contributed by atoms with Crippen LogP contribution in [0.15, 0.2) is 46.1 Å². The van der Waals surface area contributed by atoms with Crippen LogP contribution in [0.25, 0.3) is 33.4 Å². The molecule has 1 fully saturated rings. The summed E-state index contributed by atoms with van der Waals surface area (Å²) in [6.45, 7) is 0. The summed E-state index contributed by atoms with van der Waals surface area (Å²) < 4.78 is 22.7. The molecule has 0 aliphatic heterocycles. The summed E-state index contributed by atoms with van der Waals surface area (Å²) in [6.07, 6.45) is 11.6. The summed E-state index contributed by atoms with van der Waals surface area (Å²) in [4.78, 5) is 4.71. The number of halogens is 1. The average molecular weight is 439 g/mol. The Hall–Kier alpha value is -3.04. The van der Waals surface area contributed by atoms with Crippen molar-refractivity contribution in [2.45, 2.75) is 43.0 Å². The quantitative estimate of drug-likeness (QED) is 0.298. The number of benzene rings is 1. The van der Waals surface area contributed by atoms with Crippen molar-refractivity contribution >= 4 is 34.4 Å². The van der Waals surface area contributed by atoms with E-state index in [1.54, 1.807) is 12.3 Å². The van der Waals surface area contributed by atoms with Crippen LogP contribution in [-0.4, -0.2) is 14.8 Å². The van der Waals surface area contributed by atoms with Crippen molar-refractivity contribution in [1.82, 2.24) is 14.8 Å². The molecule has 1 aliphatic carbocycles. The molecular formula is C22H23FN6OS. The van der Waals surface area contributed by atoms with E-state index in [1.165, 1.54) is 31.4 Å². The Morgan fingerprint density at radius 1 is 1.13 bits per heavy atom. The summed E-state index contributed by atoms with van der Waals surface area (Å²) in [5, 5.41) is 11.1. The summed E-state index contributed by atoms with van der Waals surface area (Å²) in [5.41, 5.74) is 14.8. The number of nitrogen functional groups attached to an aromatic ring is 2. The van der Waals surface area contributed by atoms with E-state index in [4.69, 9.17) is 21.0 Å². The van der Waals surface area contributed by atoms with Crippen LogP contribution in [0, 0.1) is 5.82 Å². The number of hydrogen-bond donors (Lipinski definition) is 3. The van der Waals surface area contributed by atoms with Crippen LogP contribution in [0.5, 0.6) is 0 Å². The third-order valence-corrected chi connectivity index (χ3v) is 6.63. The first kappa shape index (κ1) is 19.9. The van der Waals surface area contributed by atoms with Crippen molar-refractivity contribution in [2.75, 3.05) is 11.5 Å². The maximum absolute atomic E-state index is 14.7. The van der Waals surface area contributed by atoms with Gasteiger partial charge in [0, 0.05) is 34.6 Å². The molecule has 3 heterocycles. The molecule has 6 N–H and O–H groups in total. The van der Waals surface area contributed by atoms with Gasteiger partial charge in [0.1, 0.15) is 11.6 Å². The zero-order valence-corrected chi connectivity index (χ0v) is 17.7. The number of fused-ring (bicyclic) bond motifs is 1. The summed E-state index contributed by atoms with van der Waals surface area (Å²) >= 11 is 0.880. The normalized spacial score (nSPS) is 15.0. The molecule has 0 unspecified atom stereocenters. The van der Waals surface area contributed by atoms with Gasteiger partial charge in [-0.15, -0.1) is 0 Å². The largest absolute Gasteiger partial charge is 0.452 e. The highest BCUT2D eigenvalue weighted by Crippen LogP contribution is 2.41. The molecule has 0 saturated heterocycles. The molecule has 0 atom stereocenters. The fraction of sp³-hybridized carbons (Fsp3) is 0.273. The molecule has 31 heavy (non-hydrogen) atoms. The number of hydrogen-bond acceptors (Lipinski definition) is 7. The molecule has 1 saturated carbocycles. The Bertz CT molecular complexity index is 1260. The van der Waals surface area contributed by atoms with Crippen molar-refractivity contribution in [3.8, 4) is 22.5 Å². The first-order valence-corrected chi connectivity index (χ1v) is 11.1. The minimum absolute atomic E-state index is 0.215. The Morgan fingerprint density at radius 2 is 1.94 bits per heavy atom. The predicted octanol–water partition coefficient (Wildman–Crippen LogP) is 5.13. The maximum Gasteiger partial charge on any atom is 0.177 e. The van der Waals surface area contributed by atoms with Gasteiger partial charge in [0.15, 0.2) is 11.4 Å². The van der Waals surface area contributed by atoms with Gasteiger partial charge in [0.25, 0.3) is 0 Å². The van der Waals surface area contributed by atoms with Crippen LogP contribution in [0.1, 0.15) is 38.1 Å². The number of furan rings is 1. The van der Waals surface area contributed by atoms with Gasteiger partial charge >= 0.3 is 0 Å². The molecule has 1 aromatic carbocycles. The zero-order valence-electron chi connectivity index (χ0n) is 16.8. The molecule has 5 rings (SSSR count). The highest BCUT2D eigenvalue weighted by atomic mass is 32.2. The number of nitrogens with zero attached hydrogens (tertiary/aromatic N) is 3. The Kier molecular flexibility index (Phi) is 5.07. The fourth-order valence-electron chi connectivity index (χ4n) is 4.35. The zero-order chi connectivity index (χ0) is 21.5. The third kappa shape index (κ3) is 3.43. The highest BCUT2D eigenvalue weighted by Gasteiger charge is 2.22. The van der Waals surface area contributed by atoms with Crippen molar-refractivity contribution in [3.63, 3.8) is 0 Å².